The van der Waals surface area contributed by atoms with Crippen LogP contribution in [0.25, 0.3) is 10.9 Å². The highest BCUT2D eigenvalue weighted by Crippen LogP contribution is 2.31. The molecule has 7 nitrogen and oxygen atoms in total. The summed E-state index contributed by atoms with van der Waals surface area (Å²) in [6.45, 7) is 4.31. The SMILES string of the molecule is Cc1cccc2c(=O)n(CC(=O)N3CCC4(CC3)OCCO4)cnc12. The first kappa shape index (κ1) is 16.2. The summed E-state index contributed by atoms with van der Waals surface area (Å²) < 4.78 is 12.7. The number of benzene rings is 1. The fourth-order valence-corrected chi connectivity index (χ4v) is 3.58. The predicted molar refractivity (Wildman–Crippen MR) is 91.2 cm³/mol. The van der Waals surface area contributed by atoms with E-state index in [0.717, 1.165) is 5.56 Å². The zero-order valence-electron chi connectivity index (χ0n) is 14.2. The third kappa shape index (κ3) is 2.94. The molecule has 0 atom stereocenters. The van der Waals surface area contributed by atoms with Gasteiger partial charge in [0.05, 0.1) is 30.4 Å². The molecule has 1 spiro atoms. The minimum absolute atomic E-state index is 0.00439. The van der Waals surface area contributed by atoms with Crippen molar-refractivity contribution in [2.24, 2.45) is 0 Å². The molecule has 7 heteroatoms. The number of likely N-dealkylation sites (tertiary alicyclic amines) is 1. The fraction of sp³-hybridized carbons (Fsp3) is 0.500. The summed E-state index contributed by atoms with van der Waals surface area (Å²) in [6, 6.07) is 5.50. The highest BCUT2D eigenvalue weighted by Gasteiger charge is 2.40. The lowest BCUT2D eigenvalue weighted by Crippen LogP contribution is -2.48. The Bertz CT molecular complexity index is 860. The summed E-state index contributed by atoms with van der Waals surface area (Å²) in [7, 11) is 0. The van der Waals surface area contributed by atoms with E-state index in [-0.39, 0.29) is 18.0 Å². The van der Waals surface area contributed by atoms with Crippen molar-refractivity contribution >= 4 is 16.8 Å². The monoisotopic (exact) mass is 343 g/mol. The molecule has 1 aromatic heterocycles. The van der Waals surface area contributed by atoms with Crippen LogP contribution >= 0.6 is 0 Å². The lowest BCUT2D eigenvalue weighted by molar-refractivity contribution is -0.187. The number of hydrogen-bond acceptors (Lipinski definition) is 5. The van der Waals surface area contributed by atoms with Crippen molar-refractivity contribution in [3.05, 3.63) is 40.4 Å². The van der Waals surface area contributed by atoms with Crippen molar-refractivity contribution in [1.82, 2.24) is 14.5 Å². The number of piperidine rings is 1. The molecule has 132 valence electrons. The largest absolute Gasteiger partial charge is 0.347 e. The van der Waals surface area contributed by atoms with Gasteiger partial charge in [-0.15, -0.1) is 0 Å². The second kappa shape index (κ2) is 6.24. The Morgan fingerprint density at radius 1 is 1.24 bits per heavy atom. The molecule has 2 saturated heterocycles. The number of nitrogens with zero attached hydrogens (tertiary/aromatic N) is 3. The van der Waals surface area contributed by atoms with Crippen LogP contribution in [0.15, 0.2) is 29.3 Å². The molecule has 0 radical (unpaired) electrons. The summed E-state index contributed by atoms with van der Waals surface area (Å²) in [6.07, 6.45) is 2.80. The molecule has 0 unspecified atom stereocenters. The second-order valence-corrected chi connectivity index (χ2v) is 6.64. The lowest BCUT2D eigenvalue weighted by atomic mass is 10.0. The van der Waals surface area contributed by atoms with Gasteiger partial charge in [0.2, 0.25) is 5.91 Å². The van der Waals surface area contributed by atoms with Gasteiger partial charge in [0.25, 0.3) is 5.56 Å². The molecule has 0 aliphatic carbocycles. The summed E-state index contributed by atoms with van der Waals surface area (Å²) in [5, 5.41) is 0.542. The number of aromatic nitrogens is 2. The van der Waals surface area contributed by atoms with Gasteiger partial charge in [-0.2, -0.15) is 0 Å². The van der Waals surface area contributed by atoms with Crippen LogP contribution in [0.4, 0.5) is 0 Å². The van der Waals surface area contributed by atoms with Crippen molar-refractivity contribution in [1.29, 1.82) is 0 Å². The van der Waals surface area contributed by atoms with Crippen LogP contribution in [0, 0.1) is 6.92 Å². The number of hydrogen-bond donors (Lipinski definition) is 0. The molecular weight excluding hydrogens is 322 g/mol. The molecule has 0 saturated carbocycles. The number of ether oxygens (including phenoxy) is 2. The standard InChI is InChI=1S/C18H21N3O4/c1-13-3-2-4-14-16(13)19-12-21(17(14)23)11-15(22)20-7-5-18(6-8-20)24-9-10-25-18/h2-4,12H,5-11H2,1H3. The number of carbonyl (C=O) groups excluding carboxylic acids is 1. The maximum absolute atomic E-state index is 12.6. The molecule has 2 fully saturated rings. The zero-order chi connectivity index (χ0) is 17.4. The van der Waals surface area contributed by atoms with Crippen LogP contribution in [0.1, 0.15) is 18.4 Å². The minimum Gasteiger partial charge on any atom is -0.347 e. The Balaban J connectivity index is 1.49. The quantitative estimate of drug-likeness (QED) is 0.815. The Hall–Kier alpha value is -2.25. The number of fused-ring (bicyclic) bond motifs is 1. The Kier molecular flexibility index (Phi) is 4.05. The minimum atomic E-state index is -0.504. The van der Waals surface area contributed by atoms with E-state index in [4.69, 9.17) is 9.47 Å². The van der Waals surface area contributed by atoms with E-state index < -0.39 is 5.79 Å². The third-order valence-corrected chi connectivity index (χ3v) is 5.05. The number of para-hydroxylation sites is 1. The van der Waals surface area contributed by atoms with Crippen molar-refractivity contribution in [2.75, 3.05) is 26.3 Å². The maximum atomic E-state index is 12.6. The Labute approximate surface area is 145 Å². The predicted octanol–water partition coefficient (Wildman–Crippen LogP) is 1.07. The first-order chi connectivity index (χ1) is 12.1. The van der Waals surface area contributed by atoms with Gasteiger partial charge in [-0.25, -0.2) is 4.98 Å². The van der Waals surface area contributed by atoms with Crippen molar-refractivity contribution in [2.45, 2.75) is 32.1 Å². The van der Waals surface area contributed by atoms with E-state index in [1.165, 1.54) is 10.9 Å². The van der Waals surface area contributed by atoms with E-state index >= 15 is 0 Å². The summed E-state index contributed by atoms with van der Waals surface area (Å²) in [5.41, 5.74) is 1.45. The van der Waals surface area contributed by atoms with Crippen molar-refractivity contribution in [3.63, 3.8) is 0 Å². The maximum Gasteiger partial charge on any atom is 0.261 e. The van der Waals surface area contributed by atoms with Crippen LogP contribution < -0.4 is 5.56 Å². The first-order valence-electron chi connectivity index (χ1n) is 8.58. The number of carbonyl (C=O) groups is 1. The van der Waals surface area contributed by atoms with Crippen LogP contribution in [0.3, 0.4) is 0 Å². The van der Waals surface area contributed by atoms with Gasteiger partial charge >= 0.3 is 0 Å². The zero-order valence-corrected chi connectivity index (χ0v) is 14.2. The van der Waals surface area contributed by atoms with Crippen molar-refractivity contribution < 1.29 is 14.3 Å². The smallest absolute Gasteiger partial charge is 0.261 e. The van der Waals surface area contributed by atoms with Gasteiger partial charge in [0.1, 0.15) is 6.54 Å². The second-order valence-electron chi connectivity index (χ2n) is 6.64. The molecule has 4 rings (SSSR count). The van der Waals surface area contributed by atoms with Crippen molar-refractivity contribution in [3.8, 4) is 0 Å². The van der Waals surface area contributed by atoms with Gasteiger partial charge in [0.15, 0.2) is 5.79 Å². The number of amides is 1. The summed E-state index contributed by atoms with van der Waals surface area (Å²) in [5.74, 6) is -0.584. The molecule has 0 N–H and O–H groups in total. The van der Waals surface area contributed by atoms with Crippen LogP contribution in [-0.4, -0.2) is 52.4 Å². The van der Waals surface area contributed by atoms with E-state index in [0.29, 0.717) is 50.0 Å². The van der Waals surface area contributed by atoms with Gasteiger partial charge < -0.3 is 14.4 Å². The normalized spacial score (nSPS) is 19.6. The first-order valence-corrected chi connectivity index (χ1v) is 8.58. The van der Waals surface area contributed by atoms with E-state index in [1.54, 1.807) is 11.0 Å². The topological polar surface area (TPSA) is 73.7 Å². The Morgan fingerprint density at radius 2 is 1.96 bits per heavy atom. The van der Waals surface area contributed by atoms with Crippen LogP contribution in [0.5, 0.6) is 0 Å². The Morgan fingerprint density at radius 3 is 2.68 bits per heavy atom. The van der Waals surface area contributed by atoms with Gasteiger partial charge in [-0.05, 0) is 18.6 Å². The number of rotatable bonds is 2. The molecule has 3 heterocycles. The third-order valence-electron chi connectivity index (χ3n) is 5.05. The molecule has 1 amide bonds. The summed E-state index contributed by atoms with van der Waals surface area (Å²) in [4.78, 5) is 31.3. The number of aryl methyl sites for hydroxylation is 1. The molecule has 0 bridgehead atoms. The summed E-state index contributed by atoms with van der Waals surface area (Å²) >= 11 is 0. The van der Waals surface area contributed by atoms with E-state index in [9.17, 15) is 9.59 Å². The van der Waals surface area contributed by atoms with E-state index in [1.807, 2.05) is 19.1 Å². The molecule has 1 aromatic carbocycles. The van der Waals surface area contributed by atoms with Gasteiger partial charge in [0, 0.05) is 25.9 Å². The van der Waals surface area contributed by atoms with Crippen LogP contribution in [0.2, 0.25) is 0 Å². The molecule has 2 aromatic rings. The van der Waals surface area contributed by atoms with Gasteiger partial charge in [-0.1, -0.05) is 12.1 Å². The molecule has 2 aliphatic rings. The average molecular weight is 343 g/mol. The molecular formula is C18H21N3O4. The van der Waals surface area contributed by atoms with Gasteiger partial charge in [-0.3, -0.25) is 14.2 Å². The average Bonchev–Trinajstić information content (AvgIpc) is 3.06. The fourth-order valence-electron chi connectivity index (χ4n) is 3.58. The van der Waals surface area contributed by atoms with E-state index in [2.05, 4.69) is 4.98 Å². The highest BCUT2D eigenvalue weighted by atomic mass is 16.7. The molecule has 2 aliphatic heterocycles. The molecule has 25 heavy (non-hydrogen) atoms. The van der Waals surface area contributed by atoms with Crippen LogP contribution in [-0.2, 0) is 20.8 Å². The highest BCUT2D eigenvalue weighted by molar-refractivity contribution is 5.81. The lowest BCUT2D eigenvalue weighted by Gasteiger charge is -2.37.